The second-order valence-corrected chi connectivity index (χ2v) is 11.2. The molecule has 1 N–H and O–H groups in total. The van der Waals surface area contributed by atoms with Crippen molar-refractivity contribution in [3.05, 3.63) is 11.6 Å². The van der Waals surface area contributed by atoms with Crippen LogP contribution in [0.25, 0.3) is 0 Å². The van der Waals surface area contributed by atoms with Gasteiger partial charge < -0.3 is 5.32 Å². The van der Waals surface area contributed by atoms with Gasteiger partial charge in [-0.05, 0) is 77.3 Å². The SMILES string of the molecule is CCN1C(=O)N(CC(=O)C2CCCNC23CCCCCCCC3)C(=O)C(C)(C2=CCCCC2)C1=O. The predicted molar refractivity (Wildman–Crippen MR) is 135 cm³/mol. The Hall–Kier alpha value is -2.02. The minimum Gasteiger partial charge on any atom is -0.311 e. The number of ketones is 1. The summed E-state index contributed by atoms with van der Waals surface area (Å²) in [4.78, 5) is 56.6. The summed E-state index contributed by atoms with van der Waals surface area (Å²) in [6, 6.07) is -0.642. The average molecular weight is 486 g/mol. The Morgan fingerprint density at radius 3 is 2.23 bits per heavy atom. The largest absolute Gasteiger partial charge is 0.333 e. The van der Waals surface area contributed by atoms with E-state index in [2.05, 4.69) is 5.32 Å². The van der Waals surface area contributed by atoms with Crippen LogP contribution in [-0.2, 0) is 14.4 Å². The monoisotopic (exact) mass is 485 g/mol. The molecule has 2 aliphatic heterocycles. The van der Waals surface area contributed by atoms with Crippen molar-refractivity contribution in [2.45, 2.75) is 109 Å². The number of amides is 4. The number of piperidine rings is 1. The van der Waals surface area contributed by atoms with Gasteiger partial charge in [0.05, 0.1) is 6.54 Å². The molecule has 0 aromatic heterocycles. The molecule has 4 rings (SSSR count). The molecule has 2 aliphatic carbocycles. The van der Waals surface area contributed by atoms with Crippen LogP contribution in [0.4, 0.5) is 4.79 Å². The number of allylic oxidation sites excluding steroid dienone is 1. The molecular formula is C28H43N3O4. The third-order valence-corrected chi connectivity index (χ3v) is 9.07. The van der Waals surface area contributed by atoms with Gasteiger partial charge in [-0.15, -0.1) is 0 Å². The Labute approximate surface area is 210 Å². The van der Waals surface area contributed by atoms with E-state index in [1.165, 1.54) is 30.6 Å². The number of imide groups is 2. The molecule has 2 atom stereocenters. The molecule has 7 heteroatoms. The van der Waals surface area contributed by atoms with Crippen molar-refractivity contribution in [2.24, 2.45) is 11.3 Å². The third kappa shape index (κ3) is 4.85. The third-order valence-electron chi connectivity index (χ3n) is 9.07. The Morgan fingerprint density at radius 2 is 1.60 bits per heavy atom. The van der Waals surface area contributed by atoms with Gasteiger partial charge >= 0.3 is 6.03 Å². The molecule has 35 heavy (non-hydrogen) atoms. The van der Waals surface area contributed by atoms with Crippen molar-refractivity contribution in [2.75, 3.05) is 19.6 Å². The number of rotatable bonds is 5. The lowest BCUT2D eigenvalue weighted by Crippen LogP contribution is -2.66. The first-order chi connectivity index (χ1) is 16.8. The fourth-order valence-corrected chi connectivity index (χ4v) is 6.95. The molecule has 0 aromatic rings. The summed E-state index contributed by atoms with van der Waals surface area (Å²) in [5.74, 6) is -1.21. The lowest BCUT2D eigenvalue weighted by molar-refractivity contribution is -0.156. The maximum atomic E-state index is 13.9. The summed E-state index contributed by atoms with van der Waals surface area (Å²) in [5, 5.41) is 3.73. The van der Waals surface area contributed by atoms with Gasteiger partial charge in [-0.3, -0.25) is 24.2 Å². The number of nitrogens with zero attached hydrogens (tertiary/aromatic N) is 2. The van der Waals surface area contributed by atoms with E-state index in [0.29, 0.717) is 6.42 Å². The van der Waals surface area contributed by atoms with Crippen LogP contribution in [0.3, 0.4) is 0 Å². The zero-order valence-corrected chi connectivity index (χ0v) is 21.7. The maximum Gasteiger partial charge on any atom is 0.333 e. The number of hydrogen-bond acceptors (Lipinski definition) is 5. The van der Waals surface area contributed by atoms with E-state index < -0.39 is 23.3 Å². The first-order valence-corrected chi connectivity index (χ1v) is 14.0. The summed E-state index contributed by atoms with van der Waals surface area (Å²) in [7, 11) is 0. The molecule has 4 amide bonds. The molecule has 2 saturated heterocycles. The number of carbonyl (C=O) groups excluding carboxylic acids is 4. The first-order valence-electron chi connectivity index (χ1n) is 14.0. The second-order valence-electron chi connectivity index (χ2n) is 11.2. The summed E-state index contributed by atoms with van der Waals surface area (Å²) >= 11 is 0. The Balaban J connectivity index is 1.61. The molecule has 194 valence electrons. The number of nitrogens with one attached hydrogen (secondary N) is 1. The van der Waals surface area contributed by atoms with E-state index in [1.54, 1.807) is 13.8 Å². The van der Waals surface area contributed by atoms with Crippen molar-refractivity contribution < 1.29 is 19.2 Å². The van der Waals surface area contributed by atoms with Crippen LogP contribution < -0.4 is 5.32 Å². The summed E-state index contributed by atoms with van der Waals surface area (Å²) in [5.41, 5.74) is -0.836. The highest BCUT2D eigenvalue weighted by Crippen LogP contribution is 2.42. The van der Waals surface area contributed by atoms with E-state index >= 15 is 0 Å². The number of barbiturate groups is 1. The Morgan fingerprint density at radius 1 is 0.943 bits per heavy atom. The number of Topliss-reactive ketones (excluding diaryl/α,β-unsaturated/α-hetero) is 1. The first kappa shape index (κ1) is 26.1. The lowest BCUT2D eigenvalue weighted by atomic mass is 9.70. The molecule has 2 unspecified atom stereocenters. The highest BCUT2D eigenvalue weighted by Gasteiger charge is 2.56. The molecule has 2 heterocycles. The van der Waals surface area contributed by atoms with Crippen LogP contribution in [0.1, 0.15) is 104 Å². The minimum absolute atomic E-state index is 0.0384. The summed E-state index contributed by atoms with van der Waals surface area (Å²) in [6.07, 6.45) is 16.2. The Bertz CT molecular complexity index is 871. The fourth-order valence-electron chi connectivity index (χ4n) is 6.95. The fraction of sp³-hybridized carbons (Fsp3) is 0.786. The van der Waals surface area contributed by atoms with Gasteiger partial charge in [0.15, 0.2) is 5.78 Å². The van der Waals surface area contributed by atoms with E-state index in [0.717, 1.165) is 74.8 Å². The van der Waals surface area contributed by atoms with E-state index in [9.17, 15) is 19.2 Å². The minimum atomic E-state index is -1.40. The summed E-state index contributed by atoms with van der Waals surface area (Å²) < 4.78 is 0. The van der Waals surface area contributed by atoms with Gasteiger partial charge in [-0.1, -0.05) is 44.6 Å². The summed E-state index contributed by atoms with van der Waals surface area (Å²) in [6.45, 7) is 4.27. The van der Waals surface area contributed by atoms with Crippen LogP contribution in [0.15, 0.2) is 11.6 Å². The molecule has 0 radical (unpaired) electrons. The van der Waals surface area contributed by atoms with E-state index in [-0.39, 0.29) is 30.3 Å². The average Bonchev–Trinajstić information content (AvgIpc) is 2.99. The predicted octanol–water partition coefficient (Wildman–Crippen LogP) is 4.75. The molecule has 7 nitrogen and oxygen atoms in total. The van der Waals surface area contributed by atoms with E-state index in [1.807, 2.05) is 6.08 Å². The molecule has 3 fully saturated rings. The van der Waals surface area contributed by atoms with Gasteiger partial charge in [0.25, 0.3) is 5.91 Å². The molecule has 1 spiro atoms. The van der Waals surface area contributed by atoms with Gasteiger partial charge in [0.1, 0.15) is 5.41 Å². The number of urea groups is 1. The highest BCUT2D eigenvalue weighted by molar-refractivity contribution is 6.21. The molecule has 4 aliphatic rings. The topological polar surface area (TPSA) is 86.8 Å². The smallest absolute Gasteiger partial charge is 0.311 e. The Kier molecular flexibility index (Phi) is 8.14. The zero-order chi connectivity index (χ0) is 25.1. The normalized spacial score (nSPS) is 30.5. The van der Waals surface area contributed by atoms with Crippen LogP contribution in [0.2, 0.25) is 0 Å². The number of carbonyl (C=O) groups is 4. The van der Waals surface area contributed by atoms with Crippen molar-refractivity contribution >= 4 is 23.6 Å². The molecule has 0 bridgehead atoms. The van der Waals surface area contributed by atoms with Crippen molar-refractivity contribution in [1.29, 1.82) is 0 Å². The highest BCUT2D eigenvalue weighted by atomic mass is 16.2. The van der Waals surface area contributed by atoms with Crippen LogP contribution in [0, 0.1) is 11.3 Å². The molecular weight excluding hydrogens is 442 g/mol. The van der Waals surface area contributed by atoms with Crippen molar-refractivity contribution in [3.63, 3.8) is 0 Å². The maximum absolute atomic E-state index is 13.9. The van der Waals surface area contributed by atoms with E-state index in [4.69, 9.17) is 0 Å². The second kappa shape index (κ2) is 10.9. The molecule has 1 saturated carbocycles. The standard InChI is InChI=1S/C28H43N3O4/c1-3-30-24(33)27(2,21-14-9-8-10-15-21)25(34)31(26(30)35)20-23(32)22-16-13-19-29-28(22)17-11-6-4-5-7-12-18-28/h14,22,29H,3-13,15-20H2,1-2H3. The van der Waals surface area contributed by atoms with Crippen LogP contribution in [0.5, 0.6) is 0 Å². The van der Waals surface area contributed by atoms with Gasteiger partial charge in [0.2, 0.25) is 5.91 Å². The molecule has 0 aromatic carbocycles. The van der Waals surface area contributed by atoms with Crippen molar-refractivity contribution in [1.82, 2.24) is 15.1 Å². The number of hydrogen-bond donors (Lipinski definition) is 1. The van der Waals surface area contributed by atoms with Gasteiger partial charge in [-0.25, -0.2) is 4.79 Å². The quantitative estimate of drug-likeness (QED) is 0.449. The van der Waals surface area contributed by atoms with Crippen LogP contribution in [-0.4, -0.2) is 58.6 Å². The van der Waals surface area contributed by atoms with Crippen LogP contribution >= 0.6 is 0 Å². The van der Waals surface area contributed by atoms with Crippen molar-refractivity contribution in [3.8, 4) is 0 Å². The van der Waals surface area contributed by atoms with Gasteiger partial charge in [-0.2, -0.15) is 0 Å². The van der Waals surface area contributed by atoms with Gasteiger partial charge in [0, 0.05) is 18.0 Å². The zero-order valence-electron chi connectivity index (χ0n) is 21.7. The lowest BCUT2D eigenvalue weighted by Gasteiger charge is -2.47.